The van der Waals surface area contributed by atoms with E-state index < -0.39 is 11.5 Å². The van der Waals surface area contributed by atoms with Gasteiger partial charge in [-0.1, -0.05) is 30.3 Å². The first-order valence-electron chi connectivity index (χ1n) is 6.90. The summed E-state index contributed by atoms with van der Waals surface area (Å²) >= 11 is 0. The van der Waals surface area contributed by atoms with Gasteiger partial charge < -0.3 is 4.74 Å². The van der Waals surface area contributed by atoms with Crippen molar-refractivity contribution in [2.24, 2.45) is 0 Å². The van der Waals surface area contributed by atoms with Crippen molar-refractivity contribution in [2.45, 2.75) is 19.7 Å². The van der Waals surface area contributed by atoms with Crippen molar-refractivity contribution in [1.29, 1.82) is 0 Å². The van der Waals surface area contributed by atoms with Gasteiger partial charge in [0.15, 0.2) is 0 Å². The van der Waals surface area contributed by atoms with Crippen molar-refractivity contribution in [3.8, 4) is 5.75 Å². The molecule has 0 spiro atoms. The highest BCUT2D eigenvalue weighted by molar-refractivity contribution is 5.39. The van der Waals surface area contributed by atoms with Crippen molar-refractivity contribution in [2.75, 3.05) is 7.05 Å². The Morgan fingerprint density at radius 2 is 1.78 bits per heavy atom. The molecule has 0 saturated heterocycles. The van der Waals surface area contributed by atoms with E-state index >= 15 is 0 Å². The lowest BCUT2D eigenvalue weighted by Crippen LogP contribution is -2.18. The van der Waals surface area contributed by atoms with Crippen LogP contribution in [0.15, 0.2) is 48.5 Å². The molecule has 0 aliphatic carbocycles. The fraction of sp³-hybridized carbons (Fsp3) is 0.250. The molecule has 2 aromatic rings. The molecule has 0 N–H and O–H groups in total. The molecular formula is C16H16F2N2O3. The van der Waals surface area contributed by atoms with Gasteiger partial charge in [0.1, 0.15) is 5.75 Å². The van der Waals surface area contributed by atoms with E-state index in [1.54, 1.807) is 30.3 Å². The summed E-state index contributed by atoms with van der Waals surface area (Å²) in [5.41, 5.74) is 1.60. The van der Waals surface area contributed by atoms with E-state index in [0.29, 0.717) is 18.7 Å². The molecule has 0 unspecified atom stereocenters. The third-order valence-electron chi connectivity index (χ3n) is 3.23. The lowest BCUT2D eigenvalue weighted by molar-refractivity contribution is -0.385. The molecule has 0 radical (unpaired) electrons. The Morgan fingerprint density at radius 1 is 1.13 bits per heavy atom. The zero-order valence-corrected chi connectivity index (χ0v) is 12.5. The number of hydrogen-bond acceptors (Lipinski definition) is 4. The van der Waals surface area contributed by atoms with E-state index in [0.717, 1.165) is 5.56 Å². The summed E-state index contributed by atoms with van der Waals surface area (Å²) in [7, 11) is 1.83. The standard InChI is InChI=1S/C16H16F2N2O3/c1-19(11-13-4-2-3-5-15(13)20(21)22)10-12-6-8-14(9-7-12)23-16(17)18/h2-9,16H,10-11H2,1H3. The highest BCUT2D eigenvalue weighted by Crippen LogP contribution is 2.20. The second-order valence-corrected chi connectivity index (χ2v) is 5.08. The number of hydrogen-bond donors (Lipinski definition) is 0. The zero-order valence-electron chi connectivity index (χ0n) is 12.5. The quantitative estimate of drug-likeness (QED) is 0.574. The van der Waals surface area contributed by atoms with Crippen LogP contribution in [-0.2, 0) is 13.1 Å². The lowest BCUT2D eigenvalue weighted by atomic mass is 10.1. The Balaban J connectivity index is 2.00. The molecule has 2 aromatic carbocycles. The summed E-state index contributed by atoms with van der Waals surface area (Å²) in [4.78, 5) is 12.5. The van der Waals surface area contributed by atoms with Crippen molar-refractivity contribution in [3.05, 3.63) is 69.8 Å². The molecule has 0 fully saturated rings. The van der Waals surface area contributed by atoms with Crippen LogP contribution in [0, 0.1) is 10.1 Å². The van der Waals surface area contributed by atoms with Crippen molar-refractivity contribution < 1.29 is 18.4 Å². The second kappa shape index (κ2) is 7.64. The van der Waals surface area contributed by atoms with E-state index in [1.807, 2.05) is 11.9 Å². The first-order valence-corrected chi connectivity index (χ1v) is 6.90. The van der Waals surface area contributed by atoms with Crippen LogP contribution in [0.4, 0.5) is 14.5 Å². The van der Waals surface area contributed by atoms with Gasteiger partial charge in [-0.25, -0.2) is 0 Å². The number of nitro benzene ring substituents is 1. The smallest absolute Gasteiger partial charge is 0.387 e. The monoisotopic (exact) mass is 322 g/mol. The number of alkyl halides is 2. The van der Waals surface area contributed by atoms with Gasteiger partial charge in [0.2, 0.25) is 0 Å². The van der Waals surface area contributed by atoms with Crippen LogP contribution < -0.4 is 4.74 Å². The maximum Gasteiger partial charge on any atom is 0.387 e. The molecule has 0 aliphatic heterocycles. The molecule has 23 heavy (non-hydrogen) atoms. The Bertz CT molecular complexity index is 663. The second-order valence-electron chi connectivity index (χ2n) is 5.08. The van der Waals surface area contributed by atoms with Crippen LogP contribution in [0.25, 0.3) is 0 Å². The van der Waals surface area contributed by atoms with E-state index in [-0.39, 0.29) is 11.4 Å². The highest BCUT2D eigenvalue weighted by atomic mass is 19.3. The molecular weight excluding hydrogens is 306 g/mol. The summed E-state index contributed by atoms with van der Waals surface area (Å²) in [6.45, 7) is -1.91. The molecule has 0 saturated carbocycles. The Hall–Kier alpha value is -2.54. The molecule has 0 amide bonds. The number of para-hydroxylation sites is 1. The van der Waals surface area contributed by atoms with Gasteiger partial charge in [-0.05, 0) is 24.7 Å². The number of ether oxygens (including phenoxy) is 1. The predicted octanol–water partition coefficient (Wildman–Crippen LogP) is 3.83. The predicted molar refractivity (Wildman–Crippen MR) is 81.3 cm³/mol. The Morgan fingerprint density at radius 3 is 2.39 bits per heavy atom. The molecule has 122 valence electrons. The molecule has 7 heteroatoms. The Kier molecular flexibility index (Phi) is 5.59. The van der Waals surface area contributed by atoms with Crippen LogP contribution in [-0.4, -0.2) is 23.5 Å². The lowest BCUT2D eigenvalue weighted by Gasteiger charge is -2.17. The first-order chi connectivity index (χ1) is 11.0. The van der Waals surface area contributed by atoms with E-state index in [2.05, 4.69) is 4.74 Å². The average Bonchev–Trinajstić information content (AvgIpc) is 2.49. The molecule has 5 nitrogen and oxygen atoms in total. The van der Waals surface area contributed by atoms with Gasteiger partial charge in [0.05, 0.1) is 4.92 Å². The SMILES string of the molecule is CN(Cc1ccc(OC(F)F)cc1)Cc1ccccc1[N+](=O)[O-]. The van der Waals surface area contributed by atoms with E-state index in [4.69, 9.17) is 0 Å². The van der Waals surface area contributed by atoms with E-state index in [9.17, 15) is 18.9 Å². The normalized spacial score (nSPS) is 11.0. The number of benzene rings is 2. The minimum atomic E-state index is -2.85. The van der Waals surface area contributed by atoms with Gasteiger partial charge in [-0.15, -0.1) is 0 Å². The van der Waals surface area contributed by atoms with Crippen LogP contribution in [0.5, 0.6) is 5.75 Å². The van der Waals surface area contributed by atoms with Crippen molar-refractivity contribution in [3.63, 3.8) is 0 Å². The molecule has 0 atom stereocenters. The van der Waals surface area contributed by atoms with E-state index in [1.165, 1.54) is 18.2 Å². The average molecular weight is 322 g/mol. The minimum absolute atomic E-state index is 0.0834. The third-order valence-corrected chi connectivity index (χ3v) is 3.23. The van der Waals surface area contributed by atoms with Gasteiger partial charge >= 0.3 is 6.61 Å². The molecule has 0 heterocycles. The van der Waals surface area contributed by atoms with Crippen LogP contribution in [0.3, 0.4) is 0 Å². The minimum Gasteiger partial charge on any atom is -0.435 e. The maximum absolute atomic E-state index is 12.1. The number of nitrogens with zero attached hydrogens (tertiary/aromatic N) is 2. The molecule has 0 aromatic heterocycles. The highest BCUT2D eigenvalue weighted by Gasteiger charge is 2.14. The number of halogens is 2. The Labute approximate surface area is 132 Å². The fourth-order valence-corrected chi connectivity index (χ4v) is 2.26. The molecule has 2 rings (SSSR count). The molecule has 0 bridgehead atoms. The number of rotatable bonds is 7. The topological polar surface area (TPSA) is 55.6 Å². The van der Waals surface area contributed by atoms with Crippen molar-refractivity contribution in [1.82, 2.24) is 4.90 Å². The fourth-order valence-electron chi connectivity index (χ4n) is 2.26. The first kappa shape index (κ1) is 16.8. The third kappa shape index (κ3) is 5.00. The van der Waals surface area contributed by atoms with Crippen LogP contribution in [0.1, 0.15) is 11.1 Å². The number of nitro groups is 1. The van der Waals surface area contributed by atoms with Gasteiger partial charge in [0.25, 0.3) is 5.69 Å². The largest absolute Gasteiger partial charge is 0.435 e. The van der Waals surface area contributed by atoms with Gasteiger partial charge in [-0.2, -0.15) is 8.78 Å². The molecule has 0 aliphatic rings. The summed E-state index contributed by atoms with van der Waals surface area (Å²) in [6.07, 6.45) is 0. The van der Waals surface area contributed by atoms with Crippen LogP contribution in [0.2, 0.25) is 0 Å². The summed E-state index contributed by atoms with van der Waals surface area (Å²) in [5.74, 6) is 0.102. The van der Waals surface area contributed by atoms with Crippen LogP contribution >= 0.6 is 0 Å². The van der Waals surface area contributed by atoms with Gasteiger partial charge in [-0.3, -0.25) is 15.0 Å². The summed E-state index contributed by atoms with van der Waals surface area (Å²) in [6, 6.07) is 12.9. The van der Waals surface area contributed by atoms with Gasteiger partial charge in [0, 0.05) is 24.7 Å². The van der Waals surface area contributed by atoms with Crippen molar-refractivity contribution >= 4 is 5.69 Å². The zero-order chi connectivity index (χ0) is 16.8. The maximum atomic E-state index is 12.1. The summed E-state index contributed by atoms with van der Waals surface area (Å²) in [5, 5.41) is 11.0. The summed E-state index contributed by atoms with van der Waals surface area (Å²) < 4.78 is 28.5.